The van der Waals surface area contributed by atoms with Gasteiger partial charge in [-0.05, 0) is 42.8 Å². The van der Waals surface area contributed by atoms with E-state index in [9.17, 15) is 13.2 Å². The van der Waals surface area contributed by atoms with Crippen LogP contribution in [-0.4, -0.2) is 41.2 Å². The van der Waals surface area contributed by atoms with Crippen LogP contribution in [0, 0.1) is 0 Å². The second kappa shape index (κ2) is 10.9. The summed E-state index contributed by atoms with van der Waals surface area (Å²) < 4.78 is 38.0. The number of hydrogen-bond acceptors (Lipinski definition) is 5. The van der Waals surface area contributed by atoms with Crippen molar-refractivity contribution < 1.29 is 22.7 Å². The minimum atomic E-state index is -3.71. The minimum Gasteiger partial charge on any atom is -0.482 e. The molecule has 0 aliphatic heterocycles. The van der Waals surface area contributed by atoms with Crippen LogP contribution in [0.5, 0.6) is 5.75 Å². The van der Waals surface area contributed by atoms with Gasteiger partial charge in [0.25, 0.3) is 5.91 Å². The normalized spacial score (nSPS) is 12.4. The Morgan fingerprint density at radius 2 is 1.90 bits per heavy atom. The molecule has 0 radical (unpaired) electrons. The van der Waals surface area contributed by atoms with E-state index in [0.29, 0.717) is 0 Å². The van der Waals surface area contributed by atoms with E-state index in [0.717, 1.165) is 10.0 Å². The lowest BCUT2D eigenvalue weighted by molar-refractivity contribution is -0.123. The van der Waals surface area contributed by atoms with E-state index in [4.69, 9.17) is 21.1 Å². The Morgan fingerprint density at radius 3 is 2.52 bits per heavy atom. The summed E-state index contributed by atoms with van der Waals surface area (Å²) in [5.41, 5.74) is 0.954. The second-order valence-corrected chi connectivity index (χ2v) is 9.20. The highest BCUT2D eigenvalue weighted by Gasteiger charge is 2.16. The zero-order chi connectivity index (χ0) is 21.4. The molecule has 0 heterocycles. The number of halogens is 2. The van der Waals surface area contributed by atoms with Gasteiger partial charge in [-0.15, -0.1) is 0 Å². The molecule has 1 amide bonds. The van der Waals surface area contributed by atoms with Gasteiger partial charge in [-0.25, -0.2) is 13.1 Å². The number of methoxy groups -OCH3 is 1. The topological polar surface area (TPSA) is 93.7 Å². The Labute approximate surface area is 183 Å². The van der Waals surface area contributed by atoms with Gasteiger partial charge in [0.1, 0.15) is 5.75 Å². The highest BCUT2D eigenvalue weighted by molar-refractivity contribution is 9.10. The fourth-order valence-corrected chi connectivity index (χ4v) is 3.99. The van der Waals surface area contributed by atoms with Crippen molar-refractivity contribution in [2.45, 2.75) is 17.9 Å². The SMILES string of the molecule is COCCNS(=O)(=O)c1ccc(OCC(=O)NC(C)c2ccc(Br)cc2)c(Cl)c1. The lowest BCUT2D eigenvalue weighted by atomic mass is 10.1. The number of benzene rings is 2. The number of amides is 1. The molecule has 0 spiro atoms. The van der Waals surface area contributed by atoms with Crippen LogP contribution >= 0.6 is 27.5 Å². The van der Waals surface area contributed by atoms with Gasteiger partial charge in [0.15, 0.2) is 6.61 Å². The molecule has 1 unspecified atom stereocenters. The number of carbonyl (C=O) groups excluding carboxylic acids is 1. The molecular formula is C19H22BrClN2O5S. The van der Waals surface area contributed by atoms with E-state index in [1.807, 2.05) is 31.2 Å². The first-order chi connectivity index (χ1) is 13.7. The molecule has 29 heavy (non-hydrogen) atoms. The van der Waals surface area contributed by atoms with E-state index in [2.05, 4.69) is 26.0 Å². The fourth-order valence-electron chi connectivity index (χ4n) is 2.39. The predicted molar refractivity (Wildman–Crippen MR) is 115 cm³/mol. The third kappa shape index (κ3) is 7.27. The van der Waals surface area contributed by atoms with Gasteiger partial charge in [0, 0.05) is 18.1 Å². The molecule has 0 aliphatic carbocycles. The monoisotopic (exact) mass is 504 g/mol. The summed E-state index contributed by atoms with van der Waals surface area (Å²) in [4.78, 5) is 12.1. The van der Waals surface area contributed by atoms with Gasteiger partial charge >= 0.3 is 0 Å². The van der Waals surface area contributed by atoms with Gasteiger partial charge in [-0.1, -0.05) is 39.7 Å². The van der Waals surface area contributed by atoms with Crippen LogP contribution in [0.2, 0.25) is 5.02 Å². The number of nitrogens with one attached hydrogen (secondary N) is 2. The quantitative estimate of drug-likeness (QED) is 0.483. The van der Waals surface area contributed by atoms with Gasteiger partial charge in [0.2, 0.25) is 10.0 Å². The lowest BCUT2D eigenvalue weighted by Crippen LogP contribution is -2.31. The molecular weight excluding hydrogens is 484 g/mol. The van der Waals surface area contributed by atoms with Crippen LogP contribution < -0.4 is 14.8 Å². The highest BCUT2D eigenvalue weighted by atomic mass is 79.9. The van der Waals surface area contributed by atoms with Gasteiger partial charge < -0.3 is 14.8 Å². The Bertz CT molecular complexity index is 938. The van der Waals surface area contributed by atoms with Crippen LogP contribution in [0.3, 0.4) is 0 Å². The van der Waals surface area contributed by atoms with Crippen LogP contribution in [-0.2, 0) is 19.6 Å². The van der Waals surface area contributed by atoms with Crippen molar-refractivity contribution in [3.63, 3.8) is 0 Å². The first-order valence-corrected chi connectivity index (χ1v) is 11.3. The summed E-state index contributed by atoms with van der Waals surface area (Å²) in [5.74, 6) is -0.108. The second-order valence-electron chi connectivity index (χ2n) is 6.11. The van der Waals surface area contributed by atoms with Crippen molar-refractivity contribution in [3.8, 4) is 5.75 Å². The molecule has 2 aromatic rings. The van der Waals surface area contributed by atoms with Crippen molar-refractivity contribution in [2.24, 2.45) is 0 Å². The van der Waals surface area contributed by atoms with E-state index in [1.54, 1.807) is 0 Å². The number of sulfonamides is 1. The maximum atomic E-state index is 12.2. The summed E-state index contributed by atoms with van der Waals surface area (Å²) in [6.45, 7) is 2.01. The van der Waals surface area contributed by atoms with Crippen molar-refractivity contribution in [2.75, 3.05) is 26.9 Å². The Hall–Kier alpha value is -1.65. The molecule has 2 N–H and O–H groups in total. The smallest absolute Gasteiger partial charge is 0.258 e. The highest BCUT2D eigenvalue weighted by Crippen LogP contribution is 2.27. The predicted octanol–water partition coefficient (Wildman–Crippen LogP) is 3.28. The lowest BCUT2D eigenvalue weighted by Gasteiger charge is -2.15. The largest absolute Gasteiger partial charge is 0.482 e. The Morgan fingerprint density at radius 1 is 1.21 bits per heavy atom. The van der Waals surface area contributed by atoms with Crippen molar-refractivity contribution >= 4 is 43.5 Å². The minimum absolute atomic E-state index is 0.000680. The zero-order valence-corrected chi connectivity index (χ0v) is 19.1. The molecule has 7 nitrogen and oxygen atoms in total. The maximum Gasteiger partial charge on any atom is 0.258 e. The molecule has 0 saturated heterocycles. The number of rotatable bonds is 10. The van der Waals surface area contributed by atoms with E-state index in [1.165, 1.54) is 25.3 Å². The molecule has 1 atom stereocenters. The Balaban J connectivity index is 1.93. The average molecular weight is 506 g/mol. The van der Waals surface area contributed by atoms with Crippen molar-refractivity contribution in [1.82, 2.24) is 10.0 Å². The molecule has 10 heteroatoms. The molecule has 158 valence electrons. The summed E-state index contributed by atoms with van der Waals surface area (Å²) in [5, 5.41) is 2.92. The molecule has 0 aliphatic rings. The molecule has 2 rings (SSSR count). The van der Waals surface area contributed by atoms with E-state index < -0.39 is 10.0 Å². The number of ether oxygens (including phenoxy) is 2. The van der Waals surface area contributed by atoms with Crippen molar-refractivity contribution in [3.05, 3.63) is 57.5 Å². The summed E-state index contributed by atoms with van der Waals surface area (Å²) >= 11 is 9.49. The van der Waals surface area contributed by atoms with E-state index in [-0.39, 0.29) is 47.4 Å². The zero-order valence-electron chi connectivity index (χ0n) is 15.9. The van der Waals surface area contributed by atoms with Gasteiger partial charge in [-0.3, -0.25) is 4.79 Å². The average Bonchev–Trinajstić information content (AvgIpc) is 2.67. The van der Waals surface area contributed by atoms with Crippen LogP contribution in [0.1, 0.15) is 18.5 Å². The van der Waals surface area contributed by atoms with Gasteiger partial charge in [0.05, 0.1) is 22.6 Å². The summed E-state index contributed by atoms with van der Waals surface area (Å²) in [6, 6.07) is 11.5. The van der Waals surface area contributed by atoms with Crippen LogP contribution in [0.4, 0.5) is 0 Å². The first-order valence-electron chi connectivity index (χ1n) is 8.68. The standard InChI is InChI=1S/C19H22BrClN2O5S/c1-13(14-3-5-15(20)6-4-14)23-19(24)12-28-18-8-7-16(11-17(18)21)29(25,26)22-9-10-27-2/h3-8,11,13,22H,9-10,12H2,1-2H3,(H,23,24). The number of hydrogen-bond donors (Lipinski definition) is 2. The fraction of sp³-hybridized carbons (Fsp3) is 0.316. The molecule has 0 bridgehead atoms. The third-order valence-corrected chi connectivity index (χ3v) is 6.20. The molecule has 0 saturated carbocycles. The van der Waals surface area contributed by atoms with Crippen LogP contribution in [0.15, 0.2) is 51.8 Å². The van der Waals surface area contributed by atoms with E-state index >= 15 is 0 Å². The Kier molecular flexibility index (Phi) is 8.91. The molecule has 0 aromatic heterocycles. The third-order valence-electron chi connectivity index (χ3n) is 3.92. The van der Waals surface area contributed by atoms with Gasteiger partial charge in [-0.2, -0.15) is 0 Å². The van der Waals surface area contributed by atoms with Crippen LogP contribution in [0.25, 0.3) is 0 Å². The molecule has 2 aromatic carbocycles. The summed E-state index contributed by atoms with van der Waals surface area (Å²) in [7, 11) is -2.23. The maximum absolute atomic E-state index is 12.2. The van der Waals surface area contributed by atoms with Crippen molar-refractivity contribution in [1.29, 1.82) is 0 Å². The molecule has 0 fully saturated rings. The first kappa shape index (κ1) is 23.6. The summed E-state index contributed by atoms with van der Waals surface area (Å²) in [6.07, 6.45) is 0. The number of carbonyl (C=O) groups is 1.